The molecule has 0 bridgehead atoms. The van der Waals surface area contributed by atoms with E-state index < -0.39 is 0 Å². The SMILES string of the molecule is COC(=O)CCCCCCC(=O)Nc1cc2c(Nc3ncccc3N3CCOCC3)ncnc2cc1OC. The van der Waals surface area contributed by atoms with Crippen LogP contribution in [-0.2, 0) is 19.1 Å². The lowest BCUT2D eigenvalue weighted by atomic mass is 10.1. The summed E-state index contributed by atoms with van der Waals surface area (Å²) in [5.74, 6) is 1.46. The summed E-state index contributed by atoms with van der Waals surface area (Å²) in [6.45, 7) is 2.90. The summed E-state index contributed by atoms with van der Waals surface area (Å²) >= 11 is 0. The first kappa shape index (κ1) is 27.1. The van der Waals surface area contributed by atoms with Gasteiger partial charge in [0, 0.05) is 43.6 Å². The van der Waals surface area contributed by atoms with Crippen LogP contribution < -0.4 is 20.3 Å². The monoisotopic (exact) mass is 522 g/mol. The lowest BCUT2D eigenvalue weighted by molar-refractivity contribution is -0.140. The highest BCUT2D eigenvalue weighted by atomic mass is 16.5. The van der Waals surface area contributed by atoms with Crippen LogP contribution in [0.5, 0.6) is 5.75 Å². The minimum absolute atomic E-state index is 0.110. The maximum Gasteiger partial charge on any atom is 0.305 e. The van der Waals surface area contributed by atoms with Gasteiger partial charge in [0.2, 0.25) is 5.91 Å². The first-order valence-electron chi connectivity index (χ1n) is 12.8. The van der Waals surface area contributed by atoms with Crippen LogP contribution in [0.15, 0.2) is 36.8 Å². The van der Waals surface area contributed by atoms with Gasteiger partial charge in [-0.1, -0.05) is 12.8 Å². The van der Waals surface area contributed by atoms with Crippen molar-refractivity contribution in [3.8, 4) is 5.75 Å². The van der Waals surface area contributed by atoms with Crippen LogP contribution in [0, 0.1) is 0 Å². The van der Waals surface area contributed by atoms with Crippen molar-refractivity contribution in [3.63, 3.8) is 0 Å². The third-order valence-corrected chi connectivity index (χ3v) is 6.37. The molecule has 0 spiro atoms. The van der Waals surface area contributed by atoms with Crippen LogP contribution in [0.4, 0.5) is 23.0 Å². The molecule has 1 aliphatic rings. The van der Waals surface area contributed by atoms with Crippen molar-refractivity contribution < 1.29 is 23.8 Å². The summed E-state index contributed by atoms with van der Waals surface area (Å²) in [7, 11) is 2.95. The standard InChI is InChI=1S/C27H34N6O5/c1-36-23-17-20-19(16-21(23)31-24(34)9-5-3-4-6-10-25(35)37-2)26(30-18-29-20)32-27-22(8-7-11-28-27)33-12-14-38-15-13-33/h7-8,11,16-18H,3-6,9-10,12-15H2,1-2H3,(H,31,34)(H,28,29,30,32). The van der Waals surface area contributed by atoms with E-state index in [2.05, 4.69) is 35.2 Å². The van der Waals surface area contributed by atoms with Gasteiger partial charge in [-0.05, 0) is 31.0 Å². The van der Waals surface area contributed by atoms with E-state index in [1.54, 1.807) is 19.4 Å². The van der Waals surface area contributed by atoms with Gasteiger partial charge >= 0.3 is 5.97 Å². The first-order valence-corrected chi connectivity index (χ1v) is 12.8. The maximum atomic E-state index is 12.7. The zero-order valence-electron chi connectivity index (χ0n) is 21.9. The quantitative estimate of drug-likeness (QED) is 0.265. The van der Waals surface area contributed by atoms with E-state index in [-0.39, 0.29) is 11.9 Å². The van der Waals surface area contributed by atoms with Crippen molar-refractivity contribution in [3.05, 3.63) is 36.8 Å². The van der Waals surface area contributed by atoms with Crippen molar-refractivity contribution >= 4 is 45.8 Å². The Labute approximate surface area is 221 Å². The predicted octanol–water partition coefficient (Wildman–Crippen LogP) is 4.07. The molecule has 1 saturated heterocycles. The van der Waals surface area contributed by atoms with E-state index in [4.69, 9.17) is 9.47 Å². The van der Waals surface area contributed by atoms with Gasteiger partial charge in [0.25, 0.3) is 0 Å². The van der Waals surface area contributed by atoms with E-state index in [9.17, 15) is 9.59 Å². The molecular formula is C27H34N6O5. The Hall–Kier alpha value is -3.99. The fraction of sp³-hybridized carbons (Fsp3) is 0.444. The van der Waals surface area contributed by atoms with Crippen molar-refractivity contribution in [2.45, 2.75) is 38.5 Å². The number of nitrogens with one attached hydrogen (secondary N) is 2. The molecule has 2 N–H and O–H groups in total. The molecule has 0 unspecified atom stereocenters. The number of amides is 1. The number of esters is 1. The molecule has 1 amide bonds. The van der Waals surface area contributed by atoms with Gasteiger partial charge in [-0.2, -0.15) is 0 Å². The van der Waals surface area contributed by atoms with Crippen molar-refractivity contribution in [1.29, 1.82) is 0 Å². The van der Waals surface area contributed by atoms with Gasteiger partial charge in [-0.15, -0.1) is 0 Å². The molecule has 11 nitrogen and oxygen atoms in total. The topological polar surface area (TPSA) is 128 Å². The molecule has 1 fully saturated rings. The zero-order valence-corrected chi connectivity index (χ0v) is 21.9. The fourth-order valence-electron chi connectivity index (χ4n) is 4.34. The number of unbranched alkanes of at least 4 members (excludes halogenated alkanes) is 3. The number of hydrogen-bond donors (Lipinski definition) is 2. The second-order valence-corrected chi connectivity index (χ2v) is 8.93. The van der Waals surface area contributed by atoms with Gasteiger partial charge in [0.15, 0.2) is 5.82 Å². The fourth-order valence-corrected chi connectivity index (χ4v) is 4.34. The van der Waals surface area contributed by atoms with E-state index in [0.29, 0.717) is 54.6 Å². The number of fused-ring (bicyclic) bond motifs is 1. The summed E-state index contributed by atoms with van der Waals surface area (Å²) in [5.41, 5.74) is 2.19. The number of anilines is 4. The normalized spacial score (nSPS) is 13.3. The highest BCUT2D eigenvalue weighted by molar-refractivity contribution is 5.99. The molecular weight excluding hydrogens is 488 g/mol. The molecule has 0 atom stereocenters. The second-order valence-electron chi connectivity index (χ2n) is 8.93. The summed E-state index contributed by atoms with van der Waals surface area (Å²) in [6.07, 6.45) is 7.20. The van der Waals surface area contributed by atoms with Crippen molar-refractivity contribution in [1.82, 2.24) is 15.0 Å². The van der Waals surface area contributed by atoms with Crippen LogP contribution in [0.3, 0.4) is 0 Å². The lowest BCUT2D eigenvalue weighted by Gasteiger charge is -2.30. The average molecular weight is 523 g/mol. The van der Waals surface area contributed by atoms with Gasteiger partial charge < -0.3 is 29.7 Å². The molecule has 38 heavy (non-hydrogen) atoms. The van der Waals surface area contributed by atoms with Crippen LogP contribution in [0.2, 0.25) is 0 Å². The molecule has 1 aromatic carbocycles. The molecule has 1 aliphatic heterocycles. The van der Waals surface area contributed by atoms with E-state index in [0.717, 1.165) is 49.8 Å². The number of ether oxygens (including phenoxy) is 3. The Balaban J connectivity index is 1.47. The van der Waals surface area contributed by atoms with Crippen molar-refractivity contribution in [2.75, 3.05) is 56.1 Å². The number of nitrogens with zero attached hydrogens (tertiary/aromatic N) is 4. The number of rotatable bonds is 12. The van der Waals surface area contributed by atoms with E-state index in [1.165, 1.54) is 13.4 Å². The third kappa shape index (κ3) is 7.06. The molecule has 3 heterocycles. The molecule has 0 saturated carbocycles. The molecule has 0 aliphatic carbocycles. The highest BCUT2D eigenvalue weighted by Crippen LogP contribution is 2.34. The number of morpholine rings is 1. The molecule has 0 radical (unpaired) electrons. The van der Waals surface area contributed by atoms with Crippen molar-refractivity contribution in [2.24, 2.45) is 0 Å². The van der Waals surface area contributed by atoms with Gasteiger partial charge in [0.05, 0.1) is 44.3 Å². The molecule has 202 valence electrons. The lowest BCUT2D eigenvalue weighted by Crippen LogP contribution is -2.36. The molecule has 4 rings (SSSR count). The summed E-state index contributed by atoms with van der Waals surface area (Å²) in [4.78, 5) is 39.5. The van der Waals surface area contributed by atoms with E-state index >= 15 is 0 Å². The highest BCUT2D eigenvalue weighted by Gasteiger charge is 2.18. The Morgan fingerprint density at radius 3 is 2.55 bits per heavy atom. The van der Waals surface area contributed by atoms with Crippen LogP contribution in [0.1, 0.15) is 38.5 Å². The van der Waals surface area contributed by atoms with E-state index in [1.807, 2.05) is 18.2 Å². The Morgan fingerprint density at radius 1 is 1.00 bits per heavy atom. The molecule has 2 aromatic heterocycles. The number of benzene rings is 1. The third-order valence-electron chi connectivity index (χ3n) is 6.37. The molecule has 11 heteroatoms. The Morgan fingerprint density at radius 2 is 1.79 bits per heavy atom. The second kappa shape index (κ2) is 13.5. The number of hydrogen-bond acceptors (Lipinski definition) is 10. The summed E-state index contributed by atoms with van der Waals surface area (Å²) in [5, 5.41) is 7.06. The van der Waals surface area contributed by atoms with Crippen LogP contribution in [0.25, 0.3) is 10.9 Å². The average Bonchev–Trinajstić information content (AvgIpc) is 2.95. The number of carbonyl (C=O) groups excluding carboxylic acids is 2. The zero-order chi connectivity index (χ0) is 26.7. The molecule has 3 aromatic rings. The number of pyridine rings is 1. The summed E-state index contributed by atoms with van der Waals surface area (Å²) < 4.78 is 15.7. The maximum absolute atomic E-state index is 12.7. The summed E-state index contributed by atoms with van der Waals surface area (Å²) in [6, 6.07) is 7.54. The van der Waals surface area contributed by atoms with Gasteiger partial charge in [0.1, 0.15) is 17.9 Å². The predicted molar refractivity (Wildman–Crippen MR) is 145 cm³/mol. The largest absolute Gasteiger partial charge is 0.494 e. The Bertz CT molecular complexity index is 1250. The Kier molecular flexibility index (Phi) is 9.63. The van der Waals surface area contributed by atoms with Crippen LogP contribution in [-0.4, -0.2) is 67.4 Å². The smallest absolute Gasteiger partial charge is 0.305 e. The number of methoxy groups -OCH3 is 2. The van der Waals surface area contributed by atoms with Crippen LogP contribution >= 0.6 is 0 Å². The van der Waals surface area contributed by atoms with Gasteiger partial charge in [-0.3, -0.25) is 9.59 Å². The number of aromatic nitrogens is 3. The van der Waals surface area contributed by atoms with Gasteiger partial charge in [-0.25, -0.2) is 15.0 Å². The number of carbonyl (C=O) groups is 2. The minimum atomic E-state index is -0.204. The first-order chi connectivity index (χ1) is 18.6. The minimum Gasteiger partial charge on any atom is -0.494 e.